The van der Waals surface area contributed by atoms with E-state index in [1.165, 1.54) is 22.5 Å². The van der Waals surface area contributed by atoms with Crippen LogP contribution in [0.2, 0.25) is 0 Å². The third-order valence-corrected chi connectivity index (χ3v) is 5.37. The fraction of sp³-hybridized carbons (Fsp3) is 0.571. The lowest BCUT2D eigenvalue weighted by Gasteiger charge is -2.22. The van der Waals surface area contributed by atoms with Crippen molar-refractivity contribution in [1.82, 2.24) is 4.31 Å². The maximum absolute atomic E-state index is 13.4. The van der Waals surface area contributed by atoms with Gasteiger partial charge < -0.3 is 5.73 Å². The van der Waals surface area contributed by atoms with Crippen LogP contribution in [0.5, 0.6) is 0 Å². The number of sulfonamides is 1. The smallest absolute Gasteiger partial charge is 0.243 e. The molecule has 0 aliphatic heterocycles. The molecular formula is C14H21FN2O2S. The number of nitrogens with zero attached hydrogens (tertiary/aromatic N) is 1. The lowest BCUT2D eigenvalue weighted by Crippen LogP contribution is -2.33. The molecule has 0 spiro atoms. The van der Waals surface area contributed by atoms with Crippen molar-refractivity contribution in [3.8, 4) is 0 Å². The Morgan fingerprint density at radius 1 is 1.40 bits per heavy atom. The van der Waals surface area contributed by atoms with Crippen LogP contribution >= 0.6 is 0 Å². The van der Waals surface area contributed by atoms with Gasteiger partial charge in [0.1, 0.15) is 5.82 Å². The average Bonchev–Trinajstić information content (AvgIpc) is 3.22. The van der Waals surface area contributed by atoms with Crippen molar-refractivity contribution in [2.45, 2.75) is 37.6 Å². The summed E-state index contributed by atoms with van der Waals surface area (Å²) in [5.74, 6) is 0.0152. The molecule has 0 heterocycles. The molecule has 0 saturated heterocycles. The van der Waals surface area contributed by atoms with Crippen LogP contribution in [0.15, 0.2) is 23.1 Å². The van der Waals surface area contributed by atoms with Gasteiger partial charge in [-0.2, -0.15) is 4.31 Å². The highest BCUT2D eigenvalue weighted by molar-refractivity contribution is 7.89. The van der Waals surface area contributed by atoms with E-state index in [2.05, 4.69) is 0 Å². The Morgan fingerprint density at radius 2 is 2.10 bits per heavy atom. The highest BCUT2D eigenvalue weighted by Crippen LogP contribution is 2.32. The Bertz CT molecular complexity index is 571. The van der Waals surface area contributed by atoms with Crippen LogP contribution < -0.4 is 5.73 Å². The van der Waals surface area contributed by atoms with Crippen molar-refractivity contribution in [2.75, 3.05) is 13.1 Å². The molecule has 0 aromatic heterocycles. The highest BCUT2D eigenvalue weighted by Gasteiger charge is 2.31. The molecule has 1 aliphatic carbocycles. The first-order valence-electron chi connectivity index (χ1n) is 6.97. The van der Waals surface area contributed by atoms with Crippen LogP contribution in [0, 0.1) is 11.7 Å². The Kier molecular flexibility index (Phi) is 4.78. The molecule has 0 radical (unpaired) electrons. The zero-order chi connectivity index (χ0) is 14.8. The Hall–Kier alpha value is -0.980. The van der Waals surface area contributed by atoms with Crippen molar-refractivity contribution in [1.29, 1.82) is 0 Å². The average molecular weight is 300 g/mol. The van der Waals surface area contributed by atoms with Gasteiger partial charge in [-0.05, 0) is 43.4 Å². The molecule has 1 saturated carbocycles. The SMILES string of the molecule is CCCN(CC1CC1)S(=O)(=O)c1ccc(F)c(CN)c1. The Labute approximate surface area is 119 Å². The molecule has 2 rings (SSSR count). The van der Waals surface area contributed by atoms with E-state index in [1.54, 1.807) is 0 Å². The van der Waals surface area contributed by atoms with E-state index in [0.717, 1.165) is 19.3 Å². The van der Waals surface area contributed by atoms with E-state index in [1.807, 2.05) is 6.92 Å². The van der Waals surface area contributed by atoms with Crippen LogP contribution in [0.4, 0.5) is 4.39 Å². The van der Waals surface area contributed by atoms with Crippen molar-refractivity contribution < 1.29 is 12.8 Å². The molecule has 1 aromatic rings. The summed E-state index contributed by atoms with van der Waals surface area (Å²) in [7, 11) is -3.56. The van der Waals surface area contributed by atoms with E-state index in [0.29, 0.717) is 19.0 Å². The summed E-state index contributed by atoms with van der Waals surface area (Å²) in [5.41, 5.74) is 5.67. The minimum Gasteiger partial charge on any atom is -0.326 e. The van der Waals surface area contributed by atoms with E-state index in [4.69, 9.17) is 5.73 Å². The molecule has 2 N–H and O–H groups in total. The summed E-state index contributed by atoms with van der Waals surface area (Å²) >= 11 is 0. The van der Waals surface area contributed by atoms with E-state index < -0.39 is 15.8 Å². The van der Waals surface area contributed by atoms with Crippen molar-refractivity contribution >= 4 is 10.0 Å². The first-order chi connectivity index (χ1) is 9.48. The second-order valence-electron chi connectivity index (χ2n) is 5.26. The molecule has 4 nitrogen and oxygen atoms in total. The maximum Gasteiger partial charge on any atom is 0.243 e. The van der Waals surface area contributed by atoms with E-state index in [9.17, 15) is 12.8 Å². The van der Waals surface area contributed by atoms with Crippen LogP contribution in [0.1, 0.15) is 31.7 Å². The van der Waals surface area contributed by atoms with Crippen LogP contribution in [0.25, 0.3) is 0 Å². The summed E-state index contributed by atoms with van der Waals surface area (Å²) < 4.78 is 40.2. The van der Waals surface area contributed by atoms with Gasteiger partial charge in [-0.15, -0.1) is 0 Å². The van der Waals surface area contributed by atoms with Gasteiger partial charge in [-0.25, -0.2) is 12.8 Å². The van der Waals surface area contributed by atoms with Crippen molar-refractivity contribution in [3.05, 3.63) is 29.6 Å². The molecule has 1 aliphatic rings. The third-order valence-electron chi connectivity index (χ3n) is 3.51. The summed E-state index contributed by atoms with van der Waals surface area (Å²) in [5, 5.41) is 0. The maximum atomic E-state index is 13.4. The fourth-order valence-electron chi connectivity index (χ4n) is 2.16. The number of benzene rings is 1. The number of hydrogen-bond acceptors (Lipinski definition) is 3. The van der Waals surface area contributed by atoms with Gasteiger partial charge in [0, 0.05) is 25.2 Å². The number of nitrogens with two attached hydrogens (primary N) is 1. The molecule has 0 bridgehead atoms. The number of rotatable bonds is 7. The van der Waals surface area contributed by atoms with Gasteiger partial charge in [0.2, 0.25) is 10.0 Å². The van der Waals surface area contributed by atoms with Gasteiger partial charge >= 0.3 is 0 Å². The molecule has 20 heavy (non-hydrogen) atoms. The standard InChI is InChI=1S/C14H21FN2O2S/c1-2-7-17(10-11-3-4-11)20(18,19)13-5-6-14(15)12(8-13)9-16/h5-6,8,11H,2-4,7,9-10,16H2,1H3. The monoisotopic (exact) mass is 300 g/mol. The van der Waals surface area contributed by atoms with Crippen molar-refractivity contribution in [2.24, 2.45) is 11.7 Å². The van der Waals surface area contributed by atoms with Gasteiger partial charge in [0.05, 0.1) is 4.90 Å². The van der Waals surface area contributed by atoms with Crippen LogP contribution in [0.3, 0.4) is 0 Å². The zero-order valence-corrected chi connectivity index (χ0v) is 12.5. The minimum absolute atomic E-state index is 0.00834. The second kappa shape index (κ2) is 6.20. The zero-order valence-electron chi connectivity index (χ0n) is 11.7. The van der Waals surface area contributed by atoms with E-state index >= 15 is 0 Å². The lowest BCUT2D eigenvalue weighted by atomic mass is 10.2. The summed E-state index contributed by atoms with van der Waals surface area (Å²) in [6, 6.07) is 3.84. The molecule has 0 amide bonds. The van der Waals surface area contributed by atoms with Crippen LogP contribution in [-0.4, -0.2) is 25.8 Å². The topological polar surface area (TPSA) is 63.4 Å². The third kappa shape index (κ3) is 3.37. The molecule has 112 valence electrons. The molecular weight excluding hydrogens is 279 g/mol. The van der Waals surface area contributed by atoms with Crippen molar-refractivity contribution in [3.63, 3.8) is 0 Å². The summed E-state index contributed by atoms with van der Waals surface area (Å²) in [6.45, 7) is 3.00. The first-order valence-corrected chi connectivity index (χ1v) is 8.41. The van der Waals surface area contributed by atoms with Gasteiger partial charge in [-0.1, -0.05) is 6.92 Å². The predicted octanol–water partition coefficient (Wildman–Crippen LogP) is 2.10. The summed E-state index contributed by atoms with van der Waals surface area (Å²) in [6.07, 6.45) is 2.94. The molecule has 6 heteroatoms. The van der Waals surface area contributed by atoms with Crippen LogP contribution in [-0.2, 0) is 16.6 Å². The highest BCUT2D eigenvalue weighted by atomic mass is 32.2. The first kappa shape index (κ1) is 15.4. The normalized spacial score (nSPS) is 15.8. The number of halogens is 1. The largest absolute Gasteiger partial charge is 0.326 e. The molecule has 1 aromatic carbocycles. The molecule has 0 unspecified atom stereocenters. The second-order valence-corrected chi connectivity index (χ2v) is 7.20. The number of hydrogen-bond donors (Lipinski definition) is 1. The quantitative estimate of drug-likeness (QED) is 0.838. The summed E-state index contributed by atoms with van der Waals surface area (Å²) in [4.78, 5) is 0.133. The van der Waals surface area contributed by atoms with E-state index in [-0.39, 0.29) is 17.0 Å². The minimum atomic E-state index is -3.56. The van der Waals surface area contributed by atoms with Gasteiger partial charge in [0.25, 0.3) is 0 Å². The fourth-order valence-corrected chi connectivity index (χ4v) is 3.82. The predicted molar refractivity (Wildman–Crippen MR) is 76.1 cm³/mol. The Balaban J connectivity index is 2.30. The molecule has 0 atom stereocenters. The Morgan fingerprint density at radius 3 is 2.65 bits per heavy atom. The van der Waals surface area contributed by atoms with Gasteiger partial charge in [0.15, 0.2) is 0 Å². The lowest BCUT2D eigenvalue weighted by molar-refractivity contribution is 0.395. The van der Waals surface area contributed by atoms with Gasteiger partial charge in [-0.3, -0.25) is 0 Å². The molecule has 1 fully saturated rings.